The van der Waals surface area contributed by atoms with Crippen LogP contribution in [0.15, 0.2) is 55.1 Å². The van der Waals surface area contributed by atoms with E-state index in [1.165, 1.54) is 0 Å². The van der Waals surface area contributed by atoms with Gasteiger partial charge >= 0.3 is 17.9 Å². The number of ether oxygens (including phenoxy) is 3. The summed E-state index contributed by atoms with van der Waals surface area (Å²) in [6, 6.07) is 14.1. The molecule has 1 fully saturated rings. The standard InChI is InChI=1S/C29H30O6/c1-7-22(30)34-16(2)15-33-29-20-11-9-8-10-18(20)23(24-25(31)35-26(32)28(24,29)6)19-13-12-17(14-21(19)29)27(3,4)5/h7-14,16,23-24H,1,15H2,2-6H3. The Kier molecular flexibility index (Phi) is 5.12. The van der Waals surface area contributed by atoms with Crippen LogP contribution in [0.3, 0.4) is 0 Å². The number of carbonyl (C=O) groups is 3. The van der Waals surface area contributed by atoms with Crippen LogP contribution in [-0.4, -0.2) is 30.6 Å². The quantitative estimate of drug-likeness (QED) is 0.360. The molecule has 0 N–H and O–H groups in total. The van der Waals surface area contributed by atoms with Gasteiger partial charge in [-0.2, -0.15) is 0 Å². The summed E-state index contributed by atoms with van der Waals surface area (Å²) >= 11 is 0. The number of esters is 3. The molecule has 2 aromatic carbocycles. The molecule has 6 nitrogen and oxygen atoms in total. The van der Waals surface area contributed by atoms with Crippen molar-refractivity contribution in [3.63, 3.8) is 0 Å². The summed E-state index contributed by atoms with van der Waals surface area (Å²) in [6.07, 6.45) is 0.497. The van der Waals surface area contributed by atoms with E-state index in [-0.39, 0.29) is 17.9 Å². The molecule has 0 radical (unpaired) electrons. The fourth-order valence-corrected chi connectivity index (χ4v) is 6.20. The van der Waals surface area contributed by atoms with Gasteiger partial charge < -0.3 is 14.2 Å². The van der Waals surface area contributed by atoms with Crippen molar-refractivity contribution in [2.75, 3.05) is 6.61 Å². The largest absolute Gasteiger partial charge is 0.457 e. The minimum atomic E-state index is -1.29. The summed E-state index contributed by atoms with van der Waals surface area (Å²) in [7, 11) is 0. The maximum absolute atomic E-state index is 13.5. The average Bonchev–Trinajstić information content (AvgIpc) is 3.05. The van der Waals surface area contributed by atoms with E-state index in [2.05, 4.69) is 45.5 Å². The Morgan fingerprint density at radius 3 is 2.51 bits per heavy atom. The monoisotopic (exact) mass is 474 g/mol. The third-order valence-electron chi connectivity index (χ3n) is 7.89. The highest BCUT2D eigenvalue weighted by molar-refractivity contribution is 6.03. The van der Waals surface area contributed by atoms with Crippen LogP contribution in [0.1, 0.15) is 68.4 Å². The maximum atomic E-state index is 13.5. The summed E-state index contributed by atoms with van der Waals surface area (Å²) in [4.78, 5) is 38.4. The van der Waals surface area contributed by atoms with Gasteiger partial charge in [0.2, 0.25) is 0 Å². The van der Waals surface area contributed by atoms with Crippen LogP contribution < -0.4 is 0 Å². The maximum Gasteiger partial charge on any atom is 0.330 e. The van der Waals surface area contributed by atoms with E-state index < -0.39 is 40.9 Å². The lowest BCUT2D eigenvalue weighted by atomic mass is 9.45. The first kappa shape index (κ1) is 23.5. The molecule has 2 bridgehead atoms. The molecule has 1 aliphatic heterocycles. The van der Waals surface area contributed by atoms with E-state index in [0.717, 1.165) is 33.9 Å². The van der Waals surface area contributed by atoms with Crippen LogP contribution in [0.2, 0.25) is 0 Å². The molecular weight excluding hydrogens is 444 g/mol. The first-order valence-electron chi connectivity index (χ1n) is 11.9. The summed E-state index contributed by atoms with van der Waals surface area (Å²) in [5.74, 6) is -2.71. The van der Waals surface area contributed by atoms with Crippen molar-refractivity contribution in [3.05, 3.63) is 82.9 Å². The van der Waals surface area contributed by atoms with Gasteiger partial charge in [0.05, 0.1) is 12.5 Å². The van der Waals surface area contributed by atoms with Gasteiger partial charge in [0.1, 0.15) is 17.1 Å². The number of hydrogen-bond acceptors (Lipinski definition) is 6. The Labute approximate surface area is 205 Å². The van der Waals surface area contributed by atoms with Gasteiger partial charge in [0.15, 0.2) is 0 Å². The molecule has 0 spiro atoms. The Bertz CT molecular complexity index is 1270. The molecule has 0 saturated carbocycles. The molecule has 3 aliphatic carbocycles. The van der Waals surface area contributed by atoms with Crippen molar-refractivity contribution < 1.29 is 28.6 Å². The Morgan fingerprint density at radius 1 is 1.14 bits per heavy atom. The van der Waals surface area contributed by atoms with E-state index in [9.17, 15) is 14.4 Å². The zero-order chi connectivity index (χ0) is 25.3. The third kappa shape index (κ3) is 3.02. The molecule has 6 heteroatoms. The first-order chi connectivity index (χ1) is 16.5. The fraction of sp³-hybridized carbons (Fsp3) is 0.414. The topological polar surface area (TPSA) is 78.9 Å². The van der Waals surface area contributed by atoms with Crippen molar-refractivity contribution in [1.82, 2.24) is 0 Å². The second-order valence-corrected chi connectivity index (χ2v) is 10.9. The molecule has 0 aromatic heterocycles. The Balaban J connectivity index is 1.78. The second-order valence-electron chi connectivity index (χ2n) is 10.9. The van der Waals surface area contributed by atoms with E-state index in [4.69, 9.17) is 14.2 Å². The molecule has 2 aromatic rings. The number of hydrogen-bond donors (Lipinski definition) is 0. The lowest BCUT2D eigenvalue weighted by Crippen LogP contribution is -2.62. The van der Waals surface area contributed by atoms with Crippen LogP contribution in [0.4, 0.5) is 0 Å². The molecule has 0 amide bonds. The van der Waals surface area contributed by atoms with Crippen LogP contribution in [0.5, 0.6) is 0 Å². The van der Waals surface area contributed by atoms with E-state index >= 15 is 0 Å². The highest BCUT2D eigenvalue weighted by Gasteiger charge is 2.76. The lowest BCUT2D eigenvalue weighted by Gasteiger charge is -2.58. The minimum Gasteiger partial charge on any atom is -0.457 e. The zero-order valence-electron chi connectivity index (χ0n) is 20.7. The van der Waals surface area contributed by atoms with Crippen molar-refractivity contribution in [2.24, 2.45) is 11.3 Å². The smallest absolute Gasteiger partial charge is 0.330 e. The molecule has 5 atom stereocenters. The second kappa shape index (κ2) is 7.62. The number of carbonyl (C=O) groups excluding carboxylic acids is 3. The molecular formula is C29H30O6. The third-order valence-corrected chi connectivity index (χ3v) is 7.89. The van der Waals surface area contributed by atoms with Crippen molar-refractivity contribution in [3.8, 4) is 0 Å². The predicted octanol–water partition coefficient (Wildman–Crippen LogP) is 4.53. The van der Waals surface area contributed by atoms with E-state index in [1.54, 1.807) is 13.8 Å². The normalized spacial score (nSPS) is 29.1. The lowest BCUT2D eigenvalue weighted by molar-refractivity contribution is -0.182. The van der Waals surface area contributed by atoms with Crippen LogP contribution in [0, 0.1) is 11.3 Å². The highest BCUT2D eigenvalue weighted by atomic mass is 16.6. The summed E-state index contributed by atoms with van der Waals surface area (Å²) in [6.45, 7) is 13.4. The van der Waals surface area contributed by atoms with Gasteiger partial charge in [0, 0.05) is 12.0 Å². The molecule has 35 heavy (non-hydrogen) atoms. The number of benzene rings is 2. The fourth-order valence-electron chi connectivity index (χ4n) is 6.20. The molecule has 5 unspecified atom stereocenters. The van der Waals surface area contributed by atoms with Crippen LogP contribution >= 0.6 is 0 Å². The predicted molar refractivity (Wildman–Crippen MR) is 129 cm³/mol. The SMILES string of the molecule is C=CC(=O)OC(C)COC12c3ccccc3C(c3ccc(C(C)(C)C)cc31)C1C(=O)OC(=O)C12C. The van der Waals surface area contributed by atoms with Crippen molar-refractivity contribution in [2.45, 2.75) is 57.7 Å². The Hall–Kier alpha value is -3.25. The number of rotatable bonds is 5. The molecule has 182 valence electrons. The number of cyclic esters (lactones) is 2. The van der Waals surface area contributed by atoms with Crippen LogP contribution in [0.25, 0.3) is 0 Å². The summed E-state index contributed by atoms with van der Waals surface area (Å²) < 4.78 is 17.4. The summed E-state index contributed by atoms with van der Waals surface area (Å²) in [5.41, 5.74) is 1.98. The Morgan fingerprint density at radius 2 is 1.83 bits per heavy atom. The van der Waals surface area contributed by atoms with Gasteiger partial charge in [-0.25, -0.2) is 4.79 Å². The first-order valence-corrected chi connectivity index (χ1v) is 11.9. The van der Waals surface area contributed by atoms with E-state index in [0.29, 0.717) is 0 Å². The van der Waals surface area contributed by atoms with Crippen molar-refractivity contribution >= 4 is 17.9 Å². The average molecular weight is 475 g/mol. The van der Waals surface area contributed by atoms with Gasteiger partial charge in [-0.15, -0.1) is 0 Å². The highest BCUT2D eigenvalue weighted by Crippen LogP contribution is 2.70. The molecule has 1 heterocycles. The van der Waals surface area contributed by atoms with Gasteiger partial charge in [-0.3, -0.25) is 9.59 Å². The van der Waals surface area contributed by atoms with E-state index in [1.807, 2.05) is 24.3 Å². The summed E-state index contributed by atoms with van der Waals surface area (Å²) in [5, 5.41) is 0. The molecule has 4 aliphatic rings. The van der Waals surface area contributed by atoms with Crippen molar-refractivity contribution in [1.29, 1.82) is 0 Å². The molecule has 6 rings (SSSR count). The molecule has 1 saturated heterocycles. The van der Waals surface area contributed by atoms with Gasteiger partial charge in [-0.1, -0.05) is 69.8 Å². The van der Waals surface area contributed by atoms with Gasteiger partial charge in [-0.05, 0) is 47.1 Å². The van der Waals surface area contributed by atoms with Gasteiger partial charge in [0.25, 0.3) is 0 Å². The minimum absolute atomic E-state index is 0.0154. The van der Waals surface area contributed by atoms with Crippen LogP contribution in [-0.2, 0) is 39.6 Å². The zero-order valence-corrected chi connectivity index (χ0v) is 20.7.